The highest BCUT2D eigenvalue weighted by molar-refractivity contribution is 5.99. The van der Waals surface area contributed by atoms with Crippen molar-refractivity contribution in [2.75, 3.05) is 10.6 Å². The Bertz CT molecular complexity index is 1030. The summed E-state index contributed by atoms with van der Waals surface area (Å²) in [5.74, 6) is 0.602. The van der Waals surface area contributed by atoms with E-state index in [2.05, 4.69) is 15.8 Å². The summed E-state index contributed by atoms with van der Waals surface area (Å²) in [6.45, 7) is 5.74. The number of benzene rings is 2. The van der Waals surface area contributed by atoms with E-state index >= 15 is 0 Å². The first-order valence-corrected chi connectivity index (χ1v) is 9.02. The van der Waals surface area contributed by atoms with Crippen molar-refractivity contribution >= 4 is 17.5 Å². The Hall–Kier alpha value is -3.49. The number of anilines is 2. The number of aromatic nitrogens is 1. The Labute approximate surface area is 171 Å². The second-order valence-electron chi connectivity index (χ2n) is 7.53. The smallest absolute Gasteiger partial charge is 0.420 e. The normalized spacial score (nSPS) is 11.8. The van der Waals surface area contributed by atoms with E-state index in [0.717, 1.165) is 12.1 Å². The van der Waals surface area contributed by atoms with Crippen LogP contribution in [0.1, 0.15) is 32.1 Å². The lowest BCUT2D eigenvalue weighted by atomic mass is 9.93. The molecule has 2 aromatic carbocycles. The fourth-order valence-corrected chi connectivity index (χ4v) is 2.50. The van der Waals surface area contributed by atoms with E-state index < -0.39 is 17.8 Å². The number of para-hydroxylation sites is 1. The van der Waals surface area contributed by atoms with Crippen molar-refractivity contribution in [2.45, 2.75) is 32.4 Å². The Morgan fingerprint density at radius 2 is 1.70 bits per heavy atom. The molecule has 9 heteroatoms. The van der Waals surface area contributed by atoms with Crippen molar-refractivity contribution in [3.63, 3.8) is 0 Å². The predicted octanol–water partition coefficient (Wildman–Crippen LogP) is 6.43. The predicted molar refractivity (Wildman–Crippen MR) is 106 cm³/mol. The molecule has 0 saturated carbocycles. The summed E-state index contributed by atoms with van der Waals surface area (Å²) >= 11 is 0. The Morgan fingerprint density at radius 1 is 1.00 bits per heavy atom. The quantitative estimate of drug-likeness (QED) is 0.511. The van der Waals surface area contributed by atoms with Gasteiger partial charge in [0.1, 0.15) is 22.8 Å². The molecule has 0 bridgehead atoms. The molecule has 1 heterocycles. The van der Waals surface area contributed by atoms with Gasteiger partial charge in [-0.05, 0) is 30.3 Å². The molecule has 30 heavy (non-hydrogen) atoms. The third kappa shape index (κ3) is 5.31. The third-order valence-electron chi connectivity index (χ3n) is 4.00. The molecule has 0 fully saturated rings. The first-order valence-electron chi connectivity index (χ1n) is 9.02. The minimum atomic E-state index is -4.67. The molecule has 0 atom stereocenters. The van der Waals surface area contributed by atoms with Crippen LogP contribution in [0.25, 0.3) is 0 Å². The van der Waals surface area contributed by atoms with Gasteiger partial charge in [0.15, 0.2) is 5.82 Å². The van der Waals surface area contributed by atoms with Gasteiger partial charge < -0.3 is 14.6 Å². The summed E-state index contributed by atoms with van der Waals surface area (Å²) in [7, 11) is 0. The molecule has 0 radical (unpaired) electrons. The van der Waals surface area contributed by atoms with Crippen molar-refractivity contribution in [3.8, 4) is 11.5 Å². The van der Waals surface area contributed by atoms with Gasteiger partial charge in [0, 0.05) is 17.2 Å². The maximum atomic E-state index is 13.5. The zero-order chi connectivity index (χ0) is 21.9. The summed E-state index contributed by atoms with van der Waals surface area (Å²) in [6, 6.07) is 12.2. The molecule has 0 aliphatic heterocycles. The summed E-state index contributed by atoms with van der Waals surface area (Å²) in [4.78, 5) is 12.2. The second kappa shape index (κ2) is 8.10. The van der Waals surface area contributed by atoms with Crippen LogP contribution in [0.2, 0.25) is 0 Å². The molecule has 0 aliphatic rings. The highest BCUT2D eigenvalue weighted by atomic mass is 19.4. The number of carbonyl (C=O) groups is 1. The lowest BCUT2D eigenvalue weighted by Crippen LogP contribution is -2.20. The van der Waals surface area contributed by atoms with Crippen molar-refractivity contribution in [1.29, 1.82) is 0 Å². The van der Waals surface area contributed by atoms with Crippen LogP contribution in [-0.2, 0) is 11.6 Å². The summed E-state index contributed by atoms with van der Waals surface area (Å²) < 4.78 is 51.0. The average Bonchev–Trinajstić information content (AvgIpc) is 3.12. The highest BCUT2D eigenvalue weighted by Gasteiger charge is 2.35. The lowest BCUT2D eigenvalue weighted by molar-refractivity contribution is -0.138. The zero-order valence-electron chi connectivity index (χ0n) is 16.5. The van der Waals surface area contributed by atoms with Crippen molar-refractivity contribution in [1.82, 2.24) is 5.16 Å². The maximum Gasteiger partial charge on any atom is 0.420 e. The van der Waals surface area contributed by atoms with E-state index in [0.29, 0.717) is 5.76 Å². The molecule has 1 aromatic heterocycles. The fourth-order valence-electron chi connectivity index (χ4n) is 2.50. The van der Waals surface area contributed by atoms with Crippen LogP contribution < -0.4 is 15.4 Å². The van der Waals surface area contributed by atoms with E-state index in [9.17, 15) is 18.0 Å². The molecule has 158 valence electrons. The van der Waals surface area contributed by atoms with Gasteiger partial charge >= 0.3 is 12.2 Å². The Balaban J connectivity index is 1.76. The molecule has 6 nitrogen and oxygen atoms in total. The van der Waals surface area contributed by atoms with Gasteiger partial charge in [-0.3, -0.25) is 5.32 Å². The number of amides is 2. The number of rotatable bonds is 4. The van der Waals surface area contributed by atoms with Crippen LogP contribution in [0.15, 0.2) is 59.1 Å². The van der Waals surface area contributed by atoms with E-state index in [4.69, 9.17) is 9.26 Å². The van der Waals surface area contributed by atoms with Crippen molar-refractivity contribution < 1.29 is 27.2 Å². The molecule has 0 aliphatic carbocycles. The van der Waals surface area contributed by atoms with Gasteiger partial charge in [0.05, 0.1) is 0 Å². The maximum absolute atomic E-state index is 13.5. The number of ether oxygens (including phenoxy) is 1. The second-order valence-corrected chi connectivity index (χ2v) is 7.53. The van der Waals surface area contributed by atoms with E-state index in [1.54, 1.807) is 36.4 Å². The summed E-state index contributed by atoms with van der Waals surface area (Å²) in [5, 5.41) is 8.52. The van der Waals surface area contributed by atoms with Gasteiger partial charge in [-0.2, -0.15) is 13.2 Å². The number of urea groups is 1. The molecule has 0 spiro atoms. The molecule has 0 saturated heterocycles. The topological polar surface area (TPSA) is 76.4 Å². The number of nitrogens with zero attached hydrogens (tertiary/aromatic N) is 1. The summed E-state index contributed by atoms with van der Waals surface area (Å²) in [5.41, 5.74) is -1.38. The molecular formula is C21H20F3N3O3. The van der Waals surface area contributed by atoms with E-state index in [-0.39, 0.29) is 28.4 Å². The van der Waals surface area contributed by atoms with E-state index in [1.165, 1.54) is 6.07 Å². The molecule has 2 amide bonds. The van der Waals surface area contributed by atoms with Gasteiger partial charge in [-0.25, -0.2) is 4.79 Å². The van der Waals surface area contributed by atoms with E-state index in [1.807, 2.05) is 20.8 Å². The molecular weight excluding hydrogens is 399 g/mol. The summed E-state index contributed by atoms with van der Waals surface area (Å²) in [6.07, 6.45) is -4.67. The van der Waals surface area contributed by atoms with Crippen molar-refractivity contribution in [2.24, 2.45) is 0 Å². The Morgan fingerprint density at radius 3 is 2.30 bits per heavy atom. The Kier molecular flexibility index (Phi) is 5.73. The number of hydrogen-bond donors (Lipinski definition) is 2. The van der Waals surface area contributed by atoms with Crippen LogP contribution in [0.4, 0.5) is 29.5 Å². The van der Waals surface area contributed by atoms with Gasteiger partial charge in [0.25, 0.3) is 0 Å². The minimum absolute atomic E-state index is 0.0558. The average molecular weight is 419 g/mol. The zero-order valence-corrected chi connectivity index (χ0v) is 16.5. The van der Waals surface area contributed by atoms with Gasteiger partial charge in [0.2, 0.25) is 0 Å². The fraction of sp³-hybridized carbons (Fsp3) is 0.238. The molecule has 3 aromatic rings. The number of nitrogens with one attached hydrogen (secondary N) is 2. The number of hydrogen-bond acceptors (Lipinski definition) is 4. The number of carbonyl (C=O) groups excluding carboxylic acids is 1. The highest BCUT2D eigenvalue weighted by Crippen LogP contribution is 2.39. The molecule has 3 rings (SSSR count). The van der Waals surface area contributed by atoms with Gasteiger partial charge in [-0.1, -0.05) is 44.1 Å². The van der Waals surface area contributed by atoms with Gasteiger partial charge in [-0.15, -0.1) is 0 Å². The van der Waals surface area contributed by atoms with Crippen LogP contribution in [-0.4, -0.2) is 11.2 Å². The monoisotopic (exact) mass is 419 g/mol. The SMILES string of the molecule is CC(C)(C)c1cc(NC(=O)Nc2ccc(Oc3ccccc3)c(C(F)(F)F)c2)no1. The van der Waals surface area contributed by atoms with Crippen LogP contribution in [0.3, 0.4) is 0 Å². The largest absolute Gasteiger partial charge is 0.457 e. The number of halogens is 3. The first kappa shape index (κ1) is 21.2. The van der Waals surface area contributed by atoms with Crippen LogP contribution >= 0.6 is 0 Å². The lowest BCUT2D eigenvalue weighted by Gasteiger charge is -2.15. The standard InChI is InChI=1S/C21H20F3N3O3/c1-20(2,3)17-12-18(27-30-17)26-19(28)25-13-9-10-16(15(11-13)21(22,23)24)29-14-7-5-4-6-8-14/h4-12H,1-3H3,(H2,25,26,27,28). The number of alkyl halides is 3. The minimum Gasteiger partial charge on any atom is -0.457 e. The molecule has 0 unspecified atom stereocenters. The third-order valence-corrected chi connectivity index (χ3v) is 4.00. The van der Waals surface area contributed by atoms with Crippen LogP contribution in [0, 0.1) is 0 Å². The van der Waals surface area contributed by atoms with Crippen LogP contribution in [0.5, 0.6) is 11.5 Å². The first-order chi connectivity index (χ1) is 14.0. The molecule has 2 N–H and O–H groups in total. The van der Waals surface area contributed by atoms with Crippen molar-refractivity contribution in [3.05, 3.63) is 65.9 Å².